The van der Waals surface area contributed by atoms with E-state index in [-0.39, 0.29) is 5.56 Å². The third-order valence-corrected chi connectivity index (χ3v) is 6.15. The number of nitrogens with one attached hydrogen (secondary N) is 1. The molecule has 1 heterocycles. The van der Waals surface area contributed by atoms with Crippen LogP contribution in [0.2, 0.25) is 5.02 Å². The molecule has 0 unspecified atom stereocenters. The van der Waals surface area contributed by atoms with Gasteiger partial charge in [0.05, 0.1) is 6.54 Å². The minimum atomic E-state index is -4.13. The van der Waals surface area contributed by atoms with E-state index in [4.69, 9.17) is 11.6 Å². The predicted octanol–water partition coefficient (Wildman–Crippen LogP) is 4.37. The van der Waals surface area contributed by atoms with Gasteiger partial charge in [-0.3, -0.25) is 4.79 Å². The van der Waals surface area contributed by atoms with Crippen LogP contribution in [0.1, 0.15) is 10.4 Å². The van der Waals surface area contributed by atoms with E-state index in [2.05, 4.69) is 4.72 Å². The van der Waals surface area contributed by atoms with Gasteiger partial charge in [-0.05, 0) is 47.3 Å². The number of thiophene rings is 1. The first-order valence-corrected chi connectivity index (χ1v) is 10.2. The van der Waals surface area contributed by atoms with Crippen molar-refractivity contribution in [2.45, 2.75) is 4.90 Å². The Kier molecular flexibility index (Phi) is 5.52. The van der Waals surface area contributed by atoms with Crippen molar-refractivity contribution < 1.29 is 17.6 Å². The Hall–Kier alpha value is -2.06. The molecule has 26 heavy (non-hydrogen) atoms. The fraction of sp³-hybridized carbons (Fsp3) is 0.0556. The molecule has 0 saturated heterocycles. The number of benzene rings is 2. The summed E-state index contributed by atoms with van der Waals surface area (Å²) in [7, 11) is -4.13. The Bertz CT molecular complexity index is 1050. The molecule has 3 aromatic rings. The maximum atomic E-state index is 13.7. The largest absolute Gasteiger partial charge is 0.293 e. The molecule has 0 atom stereocenters. The van der Waals surface area contributed by atoms with Crippen LogP contribution in [-0.4, -0.2) is 20.7 Å². The molecule has 0 aliphatic carbocycles. The smallest absolute Gasteiger partial charge is 0.243 e. The number of rotatable bonds is 6. The van der Waals surface area contributed by atoms with Crippen molar-refractivity contribution in [1.29, 1.82) is 0 Å². The van der Waals surface area contributed by atoms with E-state index >= 15 is 0 Å². The van der Waals surface area contributed by atoms with Gasteiger partial charge in [-0.25, -0.2) is 17.5 Å². The number of carbonyl (C=O) groups is 1. The molecular weight excluding hydrogens is 397 g/mol. The quantitative estimate of drug-likeness (QED) is 0.615. The van der Waals surface area contributed by atoms with Gasteiger partial charge in [0.15, 0.2) is 5.78 Å². The number of sulfonamides is 1. The second kappa shape index (κ2) is 7.67. The monoisotopic (exact) mass is 409 g/mol. The Balaban J connectivity index is 1.80. The highest BCUT2D eigenvalue weighted by molar-refractivity contribution is 7.89. The highest BCUT2D eigenvalue weighted by Gasteiger charge is 2.20. The molecule has 0 amide bonds. The minimum absolute atomic E-state index is 0.275. The lowest BCUT2D eigenvalue weighted by molar-refractivity contribution is 0.0997. The van der Waals surface area contributed by atoms with Crippen LogP contribution < -0.4 is 4.72 Å². The van der Waals surface area contributed by atoms with Gasteiger partial charge in [0.25, 0.3) is 0 Å². The standard InChI is InChI=1S/C18H13ClFNO3S2/c19-14-9-12(8-13(10-14)17-5-3-7-25-17)16(22)11-21-26(23,24)18-6-2-1-4-15(18)20/h1-10,21H,11H2. The van der Waals surface area contributed by atoms with Crippen LogP contribution in [0, 0.1) is 5.82 Å². The zero-order valence-electron chi connectivity index (χ0n) is 13.3. The predicted molar refractivity (Wildman–Crippen MR) is 101 cm³/mol. The number of hydrogen-bond acceptors (Lipinski definition) is 4. The lowest BCUT2D eigenvalue weighted by Gasteiger charge is -2.08. The summed E-state index contributed by atoms with van der Waals surface area (Å²) in [5.41, 5.74) is 1.05. The molecule has 3 rings (SSSR count). The third kappa shape index (κ3) is 4.19. The first-order chi connectivity index (χ1) is 12.4. The van der Waals surface area contributed by atoms with Gasteiger partial charge in [-0.1, -0.05) is 29.8 Å². The average molecular weight is 410 g/mol. The normalized spacial score (nSPS) is 11.5. The fourth-order valence-corrected chi connectivity index (χ4v) is 4.35. The summed E-state index contributed by atoms with van der Waals surface area (Å²) in [5, 5.41) is 2.27. The molecule has 0 fully saturated rings. The lowest BCUT2D eigenvalue weighted by Crippen LogP contribution is -2.30. The maximum absolute atomic E-state index is 13.7. The average Bonchev–Trinajstić information content (AvgIpc) is 3.14. The van der Waals surface area contributed by atoms with E-state index in [0.29, 0.717) is 5.02 Å². The van der Waals surface area contributed by atoms with Crippen LogP contribution in [0.5, 0.6) is 0 Å². The van der Waals surface area contributed by atoms with Crippen LogP contribution in [0.15, 0.2) is 64.9 Å². The van der Waals surface area contributed by atoms with Crippen LogP contribution in [0.4, 0.5) is 4.39 Å². The number of Topliss-reactive ketones (excluding diaryl/α,β-unsaturated/α-hetero) is 1. The zero-order valence-corrected chi connectivity index (χ0v) is 15.7. The topological polar surface area (TPSA) is 63.2 Å². The summed E-state index contributed by atoms with van der Waals surface area (Å²) in [6, 6.07) is 13.6. The van der Waals surface area contributed by atoms with Crippen LogP contribution in [0.3, 0.4) is 0 Å². The van der Waals surface area contributed by atoms with E-state index in [0.717, 1.165) is 22.6 Å². The van der Waals surface area contributed by atoms with Crippen LogP contribution in [0.25, 0.3) is 10.4 Å². The van der Waals surface area contributed by atoms with Crippen LogP contribution in [-0.2, 0) is 10.0 Å². The number of halogens is 2. The van der Waals surface area contributed by atoms with E-state index < -0.39 is 33.1 Å². The Morgan fingerprint density at radius 1 is 1.12 bits per heavy atom. The molecule has 2 aromatic carbocycles. The van der Waals surface area contributed by atoms with Gasteiger partial charge in [0.2, 0.25) is 10.0 Å². The fourth-order valence-electron chi connectivity index (χ4n) is 2.34. The first kappa shape index (κ1) is 18.7. The molecule has 134 valence electrons. The molecule has 4 nitrogen and oxygen atoms in total. The molecule has 0 radical (unpaired) electrons. The summed E-state index contributed by atoms with van der Waals surface area (Å²) in [5.74, 6) is -1.35. The summed E-state index contributed by atoms with van der Waals surface area (Å²) in [4.78, 5) is 12.8. The first-order valence-electron chi connectivity index (χ1n) is 7.49. The molecule has 0 aliphatic heterocycles. The van der Waals surface area contributed by atoms with Gasteiger partial charge >= 0.3 is 0 Å². The molecular formula is C18H13ClFNO3S2. The van der Waals surface area contributed by atoms with E-state index in [9.17, 15) is 17.6 Å². The maximum Gasteiger partial charge on any atom is 0.243 e. The molecule has 0 aliphatic rings. The number of carbonyl (C=O) groups excluding carboxylic acids is 1. The molecule has 0 spiro atoms. The summed E-state index contributed by atoms with van der Waals surface area (Å²) >= 11 is 7.58. The summed E-state index contributed by atoms with van der Waals surface area (Å²) in [6.07, 6.45) is 0. The third-order valence-electron chi connectivity index (χ3n) is 3.57. The van der Waals surface area contributed by atoms with Gasteiger partial charge in [-0.15, -0.1) is 11.3 Å². The highest BCUT2D eigenvalue weighted by Crippen LogP contribution is 2.28. The van der Waals surface area contributed by atoms with Crippen molar-refractivity contribution in [2.24, 2.45) is 0 Å². The van der Waals surface area contributed by atoms with Crippen LogP contribution >= 0.6 is 22.9 Å². The Morgan fingerprint density at radius 3 is 2.58 bits per heavy atom. The molecule has 0 saturated carbocycles. The van der Waals surface area contributed by atoms with Crippen molar-refractivity contribution >= 4 is 38.7 Å². The Labute approximate surface area is 159 Å². The summed E-state index contributed by atoms with van der Waals surface area (Å²) < 4.78 is 40.2. The highest BCUT2D eigenvalue weighted by atomic mass is 35.5. The van der Waals surface area contributed by atoms with Crippen molar-refractivity contribution in [3.05, 3.63) is 76.4 Å². The lowest BCUT2D eigenvalue weighted by atomic mass is 10.1. The van der Waals surface area contributed by atoms with E-state index in [1.807, 2.05) is 17.5 Å². The second-order valence-corrected chi connectivity index (χ2v) is 8.50. The van der Waals surface area contributed by atoms with E-state index in [1.165, 1.54) is 29.5 Å². The van der Waals surface area contributed by atoms with E-state index in [1.54, 1.807) is 12.1 Å². The van der Waals surface area contributed by atoms with Gasteiger partial charge in [0, 0.05) is 15.5 Å². The SMILES string of the molecule is O=C(CNS(=O)(=O)c1ccccc1F)c1cc(Cl)cc(-c2cccs2)c1. The van der Waals surface area contributed by atoms with Gasteiger partial charge < -0.3 is 0 Å². The summed E-state index contributed by atoms with van der Waals surface area (Å²) in [6.45, 7) is -0.499. The molecule has 1 aromatic heterocycles. The van der Waals surface area contributed by atoms with Crippen molar-refractivity contribution in [1.82, 2.24) is 4.72 Å². The number of hydrogen-bond donors (Lipinski definition) is 1. The minimum Gasteiger partial charge on any atom is -0.293 e. The second-order valence-electron chi connectivity index (χ2n) is 5.38. The zero-order chi connectivity index (χ0) is 18.7. The number of ketones is 1. The van der Waals surface area contributed by atoms with Crippen molar-refractivity contribution in [3.8, 4) is 10.4 Å². The van der Waals surface area contributed by atoms with Gasteiger partial charge in [0.1, 0.15) is 10.7 Å². The molecule has 0 bridgehead atoms. The Morgan fingerprint density at radius 2 is 1.88 bits per heavy atom. The molecule has 1 N–H and O–H groups in total. The van der Waals surface area contributed by atoms with Crippen molar-refractivity contribution in [3.63, 3.8) is 0 Å². The van der Waals surface area contributed by atoms with Gasteiger partial charge in [-0.2, -0.15) is 0 Å². The molecule has 8 heteroatoms. The van der Waals surface area contributed by atoms with Crippen molar-refractivity contribution in [2.75, 3.05) is 6.54 Å².